The van der Waals surface area contributed by atoms with Crippen molar-refractivity contribution in [3.05, 3.63) is 88.1 Å². The highest BCUT2D eigenvalue weighted by Gasteiger charge is 2.33. The van der Waals surface area contributed by atoms with Crippen LogP contribution in [-0.4, -0.2) is 24.0 Å². The molecule has 0 bridgehead atoms. The molecule has 5 nitrogen and oxygen atoms in total. The number of benzene rings is 2. The Bertz CT molecular complexity index is 1020. The minimum atomic E-state index is -0.982. The molecule has 30 heavy (non-hydrogen) atoms. The molecule has 0 fully saturated rings. The first-order valence-electron chi connectivity index (χ1n) is 10.3. The first-order valence-corrected chi connectivity index (χ1v) is 10.3. The highest BCUT2D eigenvalue weighted by molar-refractivity contribution is 6.12. The fourth-order valence-corrected chi connectivity index (χ4v) is 4.34. The van der Waals surface area contributed by atoms with Crippen molar-refractivity contribution in [2.75, 3.05) is 7.11 Å². The van der Waals surface area contributed by atoms with Crippen LogP contribution >= 0.6 is 0 Å². The number of ether oxygens (including phenoxy) is 1. The number of allylic oxidation sites excluding steroid dienone is 3. The SMILES string of the molecule is COc1ccc(C(NC2=C(C(=O)c3ccccc3)C3=C(CCCC3)C2)C(=O)O)cc1. The summed E-state index contributed by atoms with van der Waals surface area (Å²) in [5, 5.41) is 13.1. The second kappa shape index (κ2) is 8.57. The molecule has 0 heterocycles. The third kappa shape index (κ3) is 3.88. The number of Topliss-reactive ketones (excluding diaryl/α,β-unsaturated/α-hetero) is 1. The number of carboxylic acid groups (broad SMARTS) is 1. The molecule has 2 aromatic rings. The maximum absolute atomic E-state index is 13.4. The van der Waals surface area contributed by atoms with Crippen LogP contribution in [0.15, 0.2) is 77.0 Å². The highest BCUT2D eigenvalue weighted by atomic mass is 16.5. The van der Waals surface area contributed by atoms with Crippen molar-refractivity contribution in [2.45, 2.75) is 38.1 Å². The first kappa shape index (κ1) is 20.0. The summed E-state index contributed by atoms with van der Waals surface area (Å²) in [6.07, 6.45) is 4.61. The molecule has 0 radical (unpaired) electrons. The van der Waals surface area contributed by atoms with E-state index < -0.39 is 12.0 Å². The van der Waals surface area contributed by atoms with Gasteiger partial charge in [-0.15, -0.1) is 0 Å². The van der Waals surface area contributed by atoms with Gasteiger partial charge in [-0.25, -0.2) is 4.79 Å². The maximum atomic E-state index is 13.4. The van der Waals surface area contributed by atoms with Gasteiger partial charge in [0.1, 0.15) is 11.8 Å². The molecular formula is C25H25NO4. The van der Waals surface area contributed by atoms with E-state index in [9.17, 15) is 14.7 Å². The van der Waals surface area contributed by atoms with Crippen molar-refractivity contribution in [1.29, 1.82) is 0 Å². The molecule has 2 N–H and O–H groups in total. The van der Waals surface area contributed by atoms with Gasteiger partial charge in [-0.1, -0.05) is 48.0 Å². The number of carboxylic acids is 1. The van der Waals surface area contributed by atoms with Gasteiger partial charge in [-0.3, -0.25) is 4.79 Å². The second-order valence-electron chi connectivity index (χ2n) is 7.70. The lowest BCUT2D eigenvalue weighted by atomic mass is 9.88. The van der Waals surface area contributed by atoms with Crippen molar-refractivity contribution >= 4 is 11.8 Å². The Labute approximate surface area is 176 Å². The van der Waals surface area contributed by atoms with E-state index in [0.29, 0.717) is 28.9 Å². The quantitative estimate of drug-likeness (QED) is 0.648. The van der Waals surface area contributed by atoms with Gasteiger partial charge in [0.05, 0.1) is 7.11 Å². The van der Waals surface area contributed by atoms with E-state index in [4.69, 9.17) is 4.74 Å². The smallest absolute Gasteiger partial charge is 0.330 e. The zero-order valence-corrected chi connectivity index (χ0v) is 17.0. The Morgan fingerprint density at radius 1 is 1.00 bits per heavy atom. The van der Waals surface area contributed by atoms with Gasteiger partial charge < -0.3 is 15.2 Å². The van der Waals surface area contributed by atoms with Crippen LogP contribution in [0.4, 0.5) is 0 Å². The van der Waals surface area contributed by atoms with Gasteiger partial charge in [-0.2, -0.15) is 0 Å². The van der Waals surface area contributed by atoms with E-state index in [1.54, 1.807) is 31.4 Å². The molecule has 1 atom stereocenters. The normalized spacial score (nSPS) is 16.8. The predicted molar refractivity (Wildman–Crippen MR) is 114 cm³/mol. The van der Waals surface area contributed by atoms with Gasteiger partial charge in [-0.05, 0) is 49.0 Å². The summed E-state index contributed by atoms with van der Waals surface area (Å²) in [5.41, 5.74) is 5.00. The number of ketones is 1. The van der Waals surface area contributed by atoms with Crippen LogP contribution in [0.3, 0.4) is 0 Å². The van der Waals surface area contributed by atoms with E-state index in [1.807, 2.05) is 30.3 Å². The van der Waals surface area contributed by atoms with Gasteiger partial charge in [0.2, 0.25) is 0 Å². The summed E-state index contributed by atoms with van der Waals surface area (Å²) < 4.78 is 5.18. The lowest BCUT2D eigenvalue weighted by molar-refractivity contribution is -0.139. The third-order valence-corrected chi connectivity index (χ3v) is 5.85. The Morgan fingerprint density at radius 2 is 1.70 bits per heavy atom. The molecule has 0 amide bonds. The first-order chi connectivity index (χ1) is 14.6. The molecule has 2 aliphatic carbocycles. The van der Waals surface area contributed by atoms with Crippen LogP contribution in [0.2, 0.25) is 0 Å². The van der Waals surface area contributed by atoms with Crippen molar-refractivity contribution in [1.82, 2.24) is 5.32 Å². The molecule has 0 saturated carbocycles. The van der Waals surface area contributed by atoms with Crippen molar-refractivity contribution < 1.29 is 19.4 Å². The Kier molecular flexibility index (Phi) is 5.70. The summed E-state index contributed by atoms with van der Waals surface area (Å²) in [6.45, 7) is 0. The van der Waals surface area contributed by atoms with E-state index in [1.165, 1.54) is 5.57 Å². The van der Waals surface area contributed by atoms with Gasteiger partial charge in [0.25, 0.3) is 0 Å². The molecule has 0 aliphatic heterocycles. The van der Waals surface area contributed by atoms with Crippen LogP contribution in [-0.2, 0) is 4.79 Å². The minimum absolute atomic E-state index is 0.0381. The Balaban J connectivity index is 1.71. The molecule has 1 unspecified atom stereocenters. The number of hydrogen-bond acceptors (Lipinski definition) is 4. The van der Waals surface area contributed by atoms with Crippen LogP contribution in [0.5, 0.6) is 5.75 Å². The number of carbonyl (C=O) groups is 2. The van der Waals surface area contributed by atoms with E-state index in [2.05, 4.69) is 5.32 Å². The highest BCUT2D eigenvalue weighted by Crippen LogP contribution is 2.42. The fourth-order valence-electron chi connectivity index (χ4n) is 4.34. The van der Waals surface area contributed by atoms with Gasteiger partial charge in [0, 0.05) is 23.3 Å². The second-order valence-corrected chi connectivity index (χ2v) is 7.70. The zero-order chi connectivity index (χ0) is 21.1. The molecule has 154 valence electrons. The minimum Gasteiger partial charge on any atom is -0.497 e. The summed E-state index contributed by atoms with van der Waals surface area (Å²) in [5.74, 6) is -0.354. The molecule has 0 aromatic heterocycles. The van der Waals surface area contributed by atoms with Crippen molar-refractivity contribution in [3.63, 3.8) is 0 Å². The van der Waals surface area contributed by atoms with Crippen LogP contribution in [0, 0.1) is 0 Å². The molecule has 2 aromatic carbocycles. The number of nitrogens with one attached hydrogen (secondary N) is 1. The number of carbonyl (C=O) groups excluding carboxylic acids is 1. The average molecular weight is 403 g/mol. The van der Waals surface area contributed by atoms with Gasteiger partial charge in [0.15, 0.2) is 5.78 Å². The number of methoxy groups -OCH3 is 1. The summed E-state index contributed by atoms with van der Waals surface area (Å²) >= 11 is 0. The number of rotatable bonds is 7. The number of hydrogen-bond donors (Lipinski definition) is 2. The van der Waals surface area contributed by atoms with Crippen molar-refractivity contribution in [2.24, 2.45) is 0 Å². The van der Waals surface area contributed by atoms with E-state index in [0.717, 1.165) is 37.0 Å². The molecular weight excluding hydrogens is 378 g/mol. The molecule has 0 spiro atoms. The van der Waals surface area contributed by atoms with Crippen LogP contribution in [0.25, 0.3) is 0 Å². The molecule has 0 saturated heterocycles. The standard InChI is InChI=1S/C25H25NO4/c1-30-19-13-11-16(12-14-19)23(25(28)29)26-21-15-18-9-5-6-10-20(18)22(21)24(27)17-7-3-2-4-8-17/h2-4,7-8,11-14,23,26H,5-6,9-10,15H2,1H3,(H,28,29). The Morgan fingerprint density at radius 3 is 2.37 bits per heavy atom. The largest absolute Gasteiger partial charge is 0.497 e. The molecule has 5 heteroatoms. The summed E-state index contributed by atoms with van der Waals surface area (Å²) in [7, 11) is 1.57. The topological polar surface area (TPSA) is 75.6 Å². The van der Waals surface area contributed by atoms with Gasteiger partial charge >= 0.3 is 5.97 Å². The predicted octanol–water partition coefficient (Wildman–Crippen LogP) is 4.82. The summed E-state index contributed by atoms with van der Waals surface area (Å²) in [4.78, 5) is 25.5. The maximum Gasteiger partial charge on any atom is 0.330 e. The lowest BCUT2D eigenvalue weighted by Crippen LogP contribution is -2.29. The average Bonchev–Trinajstić information content (AvgIpc) is 3.15. The van der Waals surface area contributed by atoms with E-state index >= 15 is 0 Å². The van der Waals surface area contributed by atoms with E-state index in [-0.39, 0.29) is 5.78 Å². The molecule has 2 aliphatic rings. The van der Waals surface area contributed by atoms with Crippen LogP contribution in [0.1, 0.15) is 54.1 Å². The lowest BCUT2D eigenvalue weighted by Gasteiger charge is -2.19. The fraction of sp³-hybridized carbons (Fsp3) is 0.280. The monoisotopic (exact) mass is 403 g/mol. The Hall–Kier alpha value is -3.34. The summed E-state index contributed by atoms with van der Waals surface area (Å²) in [6, 6.07) is 15.2. The van der Waals surface area contributed by atoms with Crippen LogP contribution < -0.4 is 10.1 Å². The molecule has 4 rings (SSSR count). The third-order valence-electron chi connectivity index (χ3n) is 5.85. The van der Waals surface area contributed by atoms with Crippen molar-refractivity contribution in [3.8, 4) is 5.75 Å². The number of aliphatic carboxylic acids is 1. The zero-order valence-electron chi connectivity index (χ0n) is 17.0.